The number of nitrogens with zero attached hydrogens (tertiary/aromatic N) is 1. The van der Waals surface area contributed by atoms with Crippen LogP contribution in [-0.4, -0.2) is 17.3 Å². The van der Waals surface area contributed by atoms with Crippen molar-refractivity contribution in [2.24, 2.45) is 0 Å². The number of thiocarbonyl (C=S) groups is 1. The van der Waals surface area contributed by atoms with Crippen LogP contribution in [0.3, 0.4) is 0 Å². The summed E-state index contributed by atoms with van der Waals surface area (Å²) in [6.07, 6.45) is 1.72. The quantitative estimate of drug-likeness (QED) is 0.628. The fourth-order valence-corrected chi connectivity index (χ4v) is 3.36. The summed E-state index contributed by atoms with van der Waals surface area (Å²) in [7, 11) is 1.60. The number of amides is 1. The molecule has 1 aromatic carbocycles. The zero-order valence-corrected chi connectivity index (χ0v) is 13.7. The number of thioether (sulfide) groups is 1. The number of carbonyl (C=O) groups is 1. The number of hydrogen-bond donors (Lipinski definition) is 0. The third-order valence-electron chi connectivity index (χ3n) is 3.16. The van der Waals surface area contributed by atoms with Crippen molar-refractivity contribution in [3.63, 3.8) is 0 Å². The van der Waals surface area contributed by atoms with Crippen molar-refractivity contribution in [1.29, 1.82) is 0 Å². The summed E-state index contributed by atoms with van der Waals surface area (Å²) in [5.41, 5.74) is 0.724. The van der Waals surface area contributed by atoms with Crippen molar-refractivity contribution in [2.75, 3.05) is 12.0 Å². The molecule has 0 aliphatic carbocycles. The van der Waals surface area contributed by atoms with E-state index in [1.165, 1.54) is 16.7 Å². The van der Waals surface area contributed by atoms with E-state index in [1.54, 1.807) is 25.3 Å². The third kappa shape index (κ3) is 2.80. The highest BCUT2D eigenvalue weighted by Crippen LogP contribution is 2.36. The molecule has 2 aromatic rings. The minimum absolute atomic E-state index is 0.144. The van der Waals surface area contributed by atoms with E-state index in [0.29, 0.717) is 15.0 Å². The van der Waals surface area contributed by atoms with Crippen LogP contribution in [0.15, 0.2) is 45.7 Å². The Bertz CT molecular complexity index is 762. The van der Waals surface area contributed by atoms with Gasteiger partial charge in [0.15, 0.2) is 4.32 Å². The van der Waals surface area contributed by atoms with Crippen LogP contribution in [0, 0.1) is 6.92 Å². The Hall–Kier alpha value is -2.05. The van der Waals surface area contributed by atoms with Crippen LogP contribution < -0.4 is 9.64 Å². The number of rotatable bonds is 3. The lowest BCUT2D eigenvalue weighted by Crippen LogP contribution is -2.27. The number of furan rings is 1. The maximum absolute atomic E-state index is 12.6. The number of methoxy groups -OCH3 is 1. The lowest BCUT2D eigenvalue weighted by atomic mass is 10.2. The van der Waals surface area contributed by atoms with Crippen molar-refractivity contribution in [1.82, 2.24) is 0 Å². The smallest absolute Gasteiger partial charge is 0.270 e. The molecule has 1 fully saturated rings. The van der Waals surface area contributed by atoms with Gasteiger partial charge in [0.05, 0.1) is 17.7 Å². The summed E-state index contributed by atoms with van der Waals surface area (Å²) >= 11 is 6.59. The summed E-state index contributed by atoms with van der Waals surface area (Å²) < 4.78 is 11.1. The first-order chi connectivity index (χ1) is 10.6. The molecule has 112 valence electrons. The van der Waals surface area contributed by atoms with Crippen LogP contribution >= 0.6 is 24.0 Å². The summed E-state index contributed by atoms with van der Waals surface area (Å²) in [6, 6.07) is 10.9. The van der Waals surface area contributed by atoms with E-state index in [1.807, 2.05) is 31.2 Å². The first-order valence-corrected chi connectivity index (χ1v) is 7.79. The van der Waals surface area contributed by atoms with E-state index in [-0.39, 0.29) is 5.91 Å². The van der Waals surface area contributed by atoms with Gasteiger partial charge in [-0.1, -0.05) is 24.0 Å². The number of anilines is 1. The van der Waals surface area contributed by atoms with Crippen LogP contribution in [0.25, 0.3) is 6.08 Å². The molecule has 0 radical (unpaired) electrons. The number of ether oxygens (including phenoxy) is 1. The average molecular weight is 331 g/mol. The average Bonchev–Trinajstić information content (AvgIpc) is 3.03. The minimum atomic E-state index is -0.144. The molecule has 2 heterocycles. The maximum Gasteiger partial charge on any atom is 0.270 e. The molecule has 1 aliphatic rings. The Morgan fingerprint density at radius 2 is 1.95 bits per heavy atom. The highest BCUT2D eigenvalue weighted by Gasteiger charge is 2.33. The van der Waals surface area contributed by atoms with E-state index in [9.17, 15) is 4.79 Å². The molecule has 22 heavy (non-hydrogen) atoms. The van der Waals surface area contributed by atoms with Gasteiger partial charge in [-0.25, -0.2) is 0 Å². The lowest BCUT2D eigenvalue weighted by molar-refractivity contribution is -0.113. The van der Waals surface area contributed by atoms with Crippen LogP contribution in [0.2, 0.25) is 0 Å². The molecule has 6 heteroatoms. The molecule has 1 aliphatic heterocycles. The molecular formula is C16H13NO3S2. The molecule has 4 nitrogen and oxygen atoms in total. The van der Waals surface area contributed by atoms with Gasteiger partial charge in [0.1, 0.15) is 17.3 Å². The number of hydrogen-bond acceptors (Lipinski definition) is 5. The minimum Gasteiger partial charge on any atom is -0.497 e. The van der Waals surface area contributed by atoms with E-state index in [0.717, 1.165) is 17.2 Å². The molecule has 0 bridgehead atoms. The second kappa shape index (κ2) is 5.98. The first-order valence-electron chi connectivity index (χ1n) is 6.57. The maximum atomic E-state index is 12.6. The number of aryl methyl sites for hydroxylation is 1. The van der Waals surface area contributed by atoms with Gasteiger partial charge < -0.3 is 9.15 Å². The van der Waals surface area contributed by atoms with Gasteiger partial charge in [0.2, 0.25) is 0 Å². The van der Waals surface area contributed by atoms with Crippen molar-refractivity contribution >= 4 is 46.0 Å². The predicted molar refractivity (Wildman–Crippen MR) is 92.1 cm³/mol. The largest absolute Gasteiger partial charge is 0.497 e. The standard InChI is InChI=1S/C16H13NO3S2/c1-10-3-6-13(20-10)9-14-15(18)17(16(21)22-14)11-4-7-12(19-2)8-5-11/h3-9H,1-2H3/b14-9-. The van der Waals surface area contributed by atoms with Gasteiger partial charge in [-0.2, -0.15) is 0 Å². The van der Waals surface area contributed by atoms with Gasteiger partial charge in [-0.3, -0.25) is 9.69 Å². The summed E-state index contributed by atoms with van der Waals surface area (Å²) in [5, 5.41) is 0. The second-order valence-corrected chi connectivity index (χ2v) is 6.34. The molecule has 0 atom stereocenters. The van der Waals surface area contributed by atoms with Crippen molar-refractivity contribution in [3.05, 3.63) is 52.8 Å². The lowest BCUT2D eigenvalue weighted by Gasteiger charge is -2.14. The van der Waals surface area contributed by atoms with Crippen LogP contribution in [-0.2, 0) is 4.79 Å². The van der Waals surface area contributed by atoms with Crippen LogP contribution in [0.5, 0.6) is 5.75 Å². The van der Waals surface area contributed by atoms with Crippen molar-refractivity contribution < 1.29 is 13.9 Å². The summed E-state index contributed by atoms with van der Waals surface area (Å²) in [5.74, 6) is 2.04. The van der Waals surface area contributed by atoms with Gasteiger partial charge in [0.25, 0.3) is 5.91 Å². The SMILES string of the molecule is COc1ccc(N2C(=O)/C(=C/c3ccc(C)o3)SC2=S)cc1. The van der Waals surface area contributed by atoms with Crippen molar-refractivity contribution in [3.8, 4) is 5.75 Å². The number of benzene rings is 1. The van der Waals surface area contributed by atoms with E-state index in [4.69, 9.17) is 21.4 Å². The second-order valence-electron chi connectivity index (χ2n) is 4.66. The summed E-state index contributed by atoms with van der Waals surface area (Å²) in [6.45, 7) is 1.86. The monoisotopic (exact) mass is 331 g/mol. The Morgan fingerprint density at radius 1 is 1.23 bits per heavy atom. The summed E-state index contributed by atoms with van der Waals surface area (Å²) in [4.78, 5) is 14.6. The number of carbonyl (C=O) groups excluding carboxylic acids is 1. The van der Waals surface area contributed by atoms with E-state index >= 15 is 0 Å². The highest BCUT2D eigenvalue weighted by molar-refractivity contribution is 8.27. The van der Waals surface area contributed by atoms with E-state index in [2.05, 4.69) is 0 Å². The van der Waals surface area contributed by atoms with Crippen LogP contribution in [0.1, 0.15) is 11.5 Å². The van der Waals surface area contributed by atoms with E-state index < -0.39 is 0 Å². The van der Waals surface area contributed by atoms with Gasteiger partial charge >= 0.3 is 0 Å². The molecule has 0 unspecified atom stereocenters. The topological polar surface area (TPSA) is 42.7 Å². The Kier molecular flexibility index (Phi) is 4.04. The normalized spacial score (nSPS) is 16.6. The molecule has 0 N–H and O–H groups in total. The Balaban J connectivity index is 1.89. The third-order valence-corrected chi connectivity index (χ3v) is 4.46. The Morgan fingerprint density at radius 3 is 2.55 bits per heavy atom. The van der Waals surface area contributed by atoms with Gasteiger partial charge in [-0.15, -0.1) is 0 Å². The Labute approximate surface area is 137 Å². The van der Waals surface area contributed by atoms with Crippen LogP contribution in [0.4, 0.5) is 5.69 Å². The van der Waals surface area contributed by atoms with Crippen molar-refractivity contribution in [2.45, 2.75) is 6.92 Å². The molecule has 1 saturated heterocycles. The van der Waals surface area contributed by atoms with Gasteiger partial charge in [0, 0.05) is 6.08 Å². The van der Waals surface area contributed by atoms with Gasteiger partial charge in [-0.05, 0) is 43.3 Å². The fourth-order valence-electron chi connectivity index (χ4n) is 2.08. The molecule has 1 amide bonds. The molecule has 0 spiro atoms. The zero-order chi connectivity index (χ0) is 15.7. The first kappa shape index (κ1) is 14.9. The molecule has 0 saturated carbocycles. The predicted octanol–water partition coefficient (Wildman–Crippen LogP) is 4.00. The fraction of sp³-hybridized carbons (Fsp3) is 0.125. The molecule has 3 rings (SSSR count). The highest BCUT2D eigenvalue weighted by atomic mass is 32.2. The molecular weight excluding hydrogens is 318 g/mol. The zero-order valence-electron chi connectivity index (χ0n) is 12.0. The molecule has 1 aromatic heterocycles.